The minimum absolute atomic E-state index is 0.212. The van der Waals surface area contributed by atoms with E-state index in [2.05, 4.69) is 30.8 Å². The molecule has 0 aliphatic heterocycles. The van der Waals surface area contributed by atoms with Crippen molar-refractivity contribution < 1.29 is 0 Å². The van der Waals surface area contributed by atoms with Crippen molar-refractivity contribution in [3.05, 3.63) is 18.0 Å². The Morgan fingerprint density at radius 3 is 2.78 bits per heavy atom. The molecule has 1 saturated carbocycles. The fraction of sp³-hybridized carbons (Fsp3) is 0.800. The van der Waals surface area contributed by atoms with E-state index in [-0.39, 0.29) is 5.41 Å². The van der Waals surface area contributed by atoms with Crippen LogP contribution in [0.25, 0.3) is 0 Å². The van der Waals surface area contributed by atoms with Crippen LogP contribution in [0.3, 0.4) is 0 Å². The molecule has 0 saturated heterocycles. The highest BCUT2D eigenvalue weighted by atomic mass is 15.3. The normalized spacial score (nSPS) is 20.2. The SMILES string of the molecule is CCCC(C)(CN)Cc1ccn(C2CCCC2)n1. The van der Waals surface area contributed by atoms with E-state index >= 15 is 0 Å². The Morgan fingerprint density at radius 2 is 2.17 bits per heavy atom. The summed E-state index contributed by atoms with van der Waals surface area (Å²) in [7, 11) is 0. The maximum absolute atomic E-state index is 5.94. The van der Waals surface area contributed by atoms with Gasteiger partial charge in [-0.05, 0) is 43.7 Å². The van der Waals surface area contributed by atoms with E-state index in [1.54, 1.807) is 0 Å². The molecule has 0 spiro atoms. The van der Waals surface area contributed by atoms with E-state index in [1.807, 2.05) is 0 Å². The van der Waals surface area contributed by atoms with Gasteiger partial charge in [-0.25, -0.2) is 0 Å². The van der Waals surface area contributed by atoms with Crippen LogP contribution >= 0.6 is 0 Å². The van der Waals surface area contributed by atoms with Crippen LogP contribution < -0.4 is 5.73 Å². The zero-order valence-corrected chi connectivity index (χ0v) is 11.9. The maximum atomic E-state index is 5.94. The first kappa shape index (κ1) is 13.6. The molecule has 1 fully saturated rings. The molecular formula is C15H27N3. The summed E-state index contributed by atoms with van der Waals surface area (Å²) in [4.78, 5) is 0. The molecule has 0 amide bonds. The number of nitrogens with two attached hydrogens (primary N) is 1. The Labute approximate surface area is 111 Å². The summed E-state index contributed by atoms with van der Waals surface area (Å²) >= 11 is 0. The summed E-state index contributed by atoms with van der Waals surface area (Å²) in [5.41, 5.74) is 7.36. The van der Waals surface area contributed by atoms with Crippen molar-refractivity contribution in [3.63, 3.8) is 0 Å². The third-order valence-electron chi connectivity index (χ3n) is 4.32. The van der Waals surface area contributed by atoms with E-state index in [4.69, 9.17) is 10.8 Å². The second kappa shape index (κ2) is 5.87. The summed E-state index contributed by atoms with van der Waals surface area (Å²) in [6.45, 7) is 5.26. The highest BCUT2D eigenvalue weighted by molar-refractivity contribution is 5.04. The monoisotopic (exact) mass is 249 g/mol. The molecule has 2 rings (SSSR count). The van der Waals surface area contributed by atoms with Gasteiger partial charge in [-0.15, -0.1) is 0 Å². The Hall–Kier alpha value is -0.830. The highest BCUT2D eigenvalue weighted by Crippen LogP contribution is 2.30. The van der Waals surface area contributed by atoms with Crippen molar-refractivity contribution in [1.29, 1.82) is 0 Å². The van der Waals surface area contributed by atoms with Gasteiger partial charge in [0.25, 0.3) is 0 Å². The molecule has 1 heterocycles. The van der Waals surface area contributed by atoms with E-state index in [1.165, 1.54) is 44.2 Å². The fourth-order valence-electron chi connectivity index (χ4n) is 3.15. The zero-order chi connectivity index (χ0) is 13.0. The predicted molar refractivity (Wildman–Crippen MR) is 75.5 cm³/mol. The molecule has 18 heavy (non-hydrogen) atoms. The van der Waals surface area contributed by atoms with Gasteiger partial charge in [0.05, 0.1) is 11.7 Å². The molecule has 1 aromatic heterocycles. The molecule has 3 heteroatoms. The number of rotatable bonds is 6. The van der Waals surface area contributed by atoms with Crippen LogP contribution in [0.2, 0.25) is 0 Å². The summed E-state index contributed by atoms with van der Waals surface area (Å²) in [5.74, 6) is 0. The van der Waals surface area contributed by atoms with Gasteiger partial charge in [0, 0.05) is 6.20 Å². The highest BCUT2D eigenvalue weighted by Gasteiger charge is 2.24. The minimum Gasteiger partial charge on any atom is -0.330 e. The summed E-state index contributed by atoms with van der Waals surface area (Å²) in [5, 5.41) is 4.77. The molecule has 3 nitrogen and oxygen atoms in total. The van der Waals surface area contributed by atoms with Gasteiger partial charge in [-0.1, -0.05) is 33.1 Å². The first-order valence-electron chi connectivity index (χ1n) is 7.41. The lowest BCUT2D eigenvalue weighted by atomic mass is 9.81. The topological polar surface area (TPSA) is 43.8 Å². The summed E-state index contributed by atoms with van der Waals surface area (Å²) in [6.07, 6.45) is 10.9. The van der Waals surface area contributed by atoms with Gasteiger partial charge in [-0.3, -0.25) is 4.68 Å². The van der Waals surface area contributed by atoms with Crippen LogP contribution in [0, 0.1) is 5.41 Å². The van der Waals surface area contributed by atoms with Gasteiger partial charge in [-0.2, -0.15) is 5.10 Å². The number of nitrogens with zero attached hydrogens (tertiary/aromatic N) is 2. The second-order valence-electron chi connectivity index (χ2n) is 6.17. The molecular weight excluding hydrogens is 222 g/mol. The molecule has 0 radical (unpaired) electrons. The Bertz CT molecular complexity index is 366. The lowest BCUT2D eigenvalue weighted by molar-refractivity contribution is 0.297. The number of hydrogen-bond donors (Lipinski definition) is 1. The molecule has 102 valence electrons. The predicted octanol–water partition coefficient (Wildman–Crippen LogP) is 3.31. The maximum Gasteiger partial charge on any atom is 0.0630 e. The van der Waals surface area contributed by atoms with Crippen molar-refractivity contribution in [2.24, 2.45) is 11.1 Å². The molecule has 1 unspecified atom stereocenters. The zero-order valence-electron chi connectivity index (χ0n) is 11.9. The van der Waals surface area contributed by atoms with E-state index in [0.717, 1.165) is 13.0 Å². The standard InChI is InChI=1S/C15H27N3/c1-3-9-15(2,12-16)11-13-8-10-18(17-13)14-6-4-5-7-14/h8,10,14H,3-7,9,11-12,16H2,1-2H3. The van der Waals surface area contributed by atoms with Crippen LogP contribution in [0.1, 0.15) is 64.1 Å². The smallest absolute Gasteiger partial charge is 0.0630 e. The molecule has 0 aromatic carbocycles. The number of aromatic nitrogens is 2. The van der Waals surface area contributed by atoms with Crippen LogP contribution in [0.5, 0.6) is 0 Å². The average Bonchev–Trinajstić information content (AvgIpc) is 2.99. The first-order chi connectivity index (χ1) is 8.67. The lowest BCUT2D eigenvalue weighted by Gasteiger charge is -2.26. The van der Waals surface area contributed by atoms with Crippen LogP contribution in [0.4, 0.5) is 0 Å². The molecule has 0 bridgehead atoms. The largest absolute Gasteiger partial charge is 0.330 e. The van der Waals surface area contributed by atoms with Crippen molar-refractivity contribution in [2.45, 2.75) is 64.8 Å². The molecule has 1 atom stereocenters. The van der Waals surface area contributed by atoms with Crippen molar-refractivity contribution in [2.75, 3.05) is 6.54 Å². The molecule has 1 aliphatic rings. The van der Waals surface area contributed by atoms with E-state index < -0.39 is 0 Å². The van der Waals surface area contributed by atoms with Gasteiger partial charge in [0.1, 0.15) is 0 Å². The average molecular weight is 249 g/mol. The quantitative estimate of drug-likeness (QED) is 0.840. The minimum atomic E-state index is 0.212. The Balaban J connectivity index is 2.00. The third-order valence-corrected chi connectivity index (χ3v) is 4.32. The second-order valence-corrected chi connectivity index (χ2v) is 6.17. The summed E-state index contributed by atoms with van der Waals surface area (Å²) < 4.78 is 2.19. The Kier molecular flexibility index (Phi) is 4.44. The van der Waals surface area contributed by atoms with Crippen LogP contribution in [-0.4, -0.2) is 16.3 Å². The first-order valence-corrected chi connectivity index (χ1v) is 7.41. The molecule has 1 aliphatic carbocycles. The fourth-order valence-corrected chi connectivity index (χ4v) is 3.15. The number of hydrogen-bond acceptors (Lipinski definition) is 2. The van der Waals surface area contributed by atoms with Crippen LogP contribution in [-0.2, 0) is 6.42 Å². The van der Waals surface area contributed by atoms with Crippen LogP contribution in [0.15, 0.2) is 12.3 Å². The molecule has 1 aromatic rings. The Morgan fingerprint density at radius 1 is 1.44 bits per heavy atom. The van der Waals surface area contributed by atoms with Crippen molar-refractivity contribution in [1.82, 2.24) is 9.78 Å². The molecule has 2 N–H and O–H groups in total. The van der Waals surface area contributed by atoms with Gasteiger partial charge in [0.15, 0.2) is 0 Å². The summed E-state index contributed by atoms with van der Waals surface area (Å²) in [6, 6.07) is 2.83. The van der Waals surface area contributed by atoms with E-state index in [9.17, 15) is 0 Å². The van der Waals surface area contributed by atoms with Crippen molar-refractivity contribution >= 4 is 0 Å². The van der Waals surface area contributed by atoms with Gasteiger partial charge in [0.2, 0.25) is 0 Å². The third kappa shape index (κ3) is 3.14. The van der Waals surface area contributed by atoms with E-state index in [0.29, 0.717) is 6.04 Å². The van der Waals surface area contributed by atoms with Gasteiger partial charge < -0.3 is 5.73 Å². The van der Waals surface area contributed by atoms with Crippen molar-refractivity contribution in [3.8, 4) is 0 Å². The lowest BCUT2D eigenvalue weighted by Crippen LogP contribution is -2.29. The van der Waals surface area contributed by atoms with Gasteiger partial charge >= 0.3 is 0 Å².